The first-order chi connectivity index (χ1) is 18.1. The van der Waals surface area contributed by atoms with E-state index >= 15 is 0 Å². The van der Waals surface area contributed by atoms with Gasteiger partial charge in [-0.25, -0.2) is 15.0 Å². The molecule has 0 aliphatic heterocycles. The maximum absolute atomic E-state index is 12.7. The highest BCUT2D eigenvalue weighted by Crippen LogP contribution is 2.35. The molecule has 0 aliphatic rings. The van der Waals surface area contributed by atoms with E-state index in [9.17, 15) is 4.79 Å². The molecule has 0 saturated heterocycles. The standard InChI is InChI=1S/C28H19ClN6OS/c29-20-9-11-21(12-10-20)32-27-30-14-13-23(33-27)25-24(34-28-35(25)15-16-37-28)19-7-4-8-22(17-19)31-26(36)18-5-2-1-3-6-18/h1-17H,(H,31,36)(H,30,32,33). The summed E-state index contributed by atoms with van der Waals surface area (Å²) in [5.74, 6) is 0.289. The van der Waals surface area contributed by atoms with Gasteiger partial charge in [0.25, 0.3) is 5.91 Å². The molecule has 0 unspecified atom stereocenters. The molecule has 0 saturated carbocycles. The van der Waals surface area contributed by atoms with Gasteiger partial charge in [0.05, 0.1) is 11.4 Å². The maximum Gasteiger partial charge on any atom is 0.255 e. The van der Waals surface area contributed by atoms with Crippen molar-refractivity contribution in [3.05, 3.63) is 113 Å². The lowest BCUT2D eigenvalue weighted by molar-refractivity contribution is 0.102. The smallest absolute Gasteiger partial charge is 0.255 e. The molecule has 6 rings (SSSR count). The Morgan fingerprint density at radius 2 is 1.73 bits per heavy atom. The highest BCUT2D eigenvalue weighted by atomic mass is 35.5. The van der Waals surface area contributed by atoms with Crippen molar-refractivity contribution in [2.24, 2.45) is 0 Å². The van der Waals surface area contributed by atoms with Crippen LogP contribution in [0.25, 0.3) is 27.6 Å². The molecule has 0 radical (unpaired) electrons. The molecule has 3 heterocycles. The summed E-state index contributed by atoms with van der Waals surface area (Å²) in [6.07, 6.45) is 3.69. The molecule has 1 amide bonds. The minimum Gasteiger partial charge on any atom is -0.324 e. The monoisotopic (exact) mass is 522 g/mol. The number of nitrogens with one attached hydrogen (secondary N) is 2. The number of amides is 1. The van der Waals surface area contributed by atoms with Crippen LogP contribution in [0.15, 0.2) is 103 Å². The van der Waals surface area contributed by atoms with Gasteiger partial charge in [-0.2, -0.15) is 0 Å². The number of carbonyl (C=O) groups excluding carboxylic acids is 1. The molecule has 3 aromatic carbocycles. The van der Waals surface area contributed by atoms with Gasteiger partial charge in [-0.1, -0.05) is 41.9 Å². The van der Waals surface area contributed by atoms with E-state index < -0.39 is 0 Å². The van der Waals surface area contributed by atoms with E-state index in [0.29, 0.717) is 27.9 Å². The minimum atomic E-state index is -0.169. The molecule has 7 nitrogen and oxygen atoms in total. The van der Waals surface area contributed by atoms with Gasteiger partial charge in [0.2, 0.25) is 5.95 Å². The topological polar surface area (TPSA) is 84.2 Å². The third-order valence-corrected chi connectivity index (χ3v) is 6.70. The Bertz CT molecular complexity index is 1710. The van der Waals surface area contributed by atoms with Gasteiger partial charge in [0.15, 0.2) is 4.96 Å². The highest BCUT2D eigenvalue weighted by Gasteiger charge is 2.19. The van der Waals surface area contributed by atoms with Crippen LogP contribution in [0.2, 0.25) is 5.02 Å². The van der Waals surface area contributed by atoms with Crippen LogP contribution < -0.4 is 10.6 Å². The number of nitrogens with zero attached hydrogens (tertiary/aromatic N) is 4. The molecule has 6 aromatic rings. The quantitative estimate of drug-likeness (QED) is 0.242. The predicted octanol–water partition coefficient (Wildman–Crippen LogP) is 7.17. The second-order valence-corrected chi connectivity index (χ2v) is 9.47. The lowest BCUT2D eigenvalue weighted by Crippen LogP contribution is -2.11. The van der Waals surface area contributed by atoms with Gasteiger partial charge < -0.3 is 10.6 Å². The molecule has 0 aliphatic carbocycles. The molecule has 37 heavy (non-hydrogen) atoms. The van der Waals surface area contributed by atoms with Gasteiger partial charge >= 0.3 is 0 Å². The lowest BCUT2D eigenvalue weighted by Gasteiger charge is -2.10. The summed E-state index contributed by atoms with van der Waals surface area (Å²) in [6.45, 7) is 0. The summed E-state index contributed by atoms with van der Waals surface area (Å²) in [5, 5.41) is 8.85. The van der Waals surface area contributed by atoms with Gasteiger partial charge in [0, 0.05) is 45.3 Å². The normalized spacial score (nSPS) is 10.9. The second kappa shape index (κ2) is 9.85. The van der Waals surface area contributed by atoms with Crippen LogP contribution in [0.5, 0.6) is 0 Å². The van der Waals surface area contributed by atoms with Crippen molar-refractivity contribution in [2.75, 3.05) is 10.6 Å². The van der Waals surface area contributed by atoms with Gasteiger partial charge in [-0.3, -0.25) is 9.20 Å². The van der Waals surface area contributed by atoms with Gasteiger partial charge in [-0.05, 0) is 54.6 Å². The maximum atomic E-state index is 12.7. The molecule has 0 fully saturated rings. The van der Waals surface area contributed by atoms with E-state index in [2.05, 4.69) is 15.6 Å². The fourth-order valence-electron chi connectivity index (χ4n) is 3.98. The van der Waals surface area contributed by atoms with E-state index in [4.69, 9.17) is 21.6 Å². The van der Waals surface area contributed by atoms with E-state index in [1.54, 1.807) is 41.8 Å². The zero-order valence-corrected chi connectivity index (χ0v) is 20.9. The number of rotatable bonds is 6. The number of carbonyl (C=O) groups is 1. The van der Waals surface area contributed by atoms with E-state index in [-0.39, 0.29) is 5.91 Å². The highest BCUT2D eigenvalue weighted by molar-refractivity contribution is 7.15. The molecule has 0 bridgehead atoms. The van der Waals surface area contributed by atoms with Gasteiger partial charge in [-0.15, -0.1) is 11.3 Å². The third kappa shape index (κ3) is 4.80. The van der Waals surface area contributed by atoms with Crippen molar-refractivity contribution in [3.8, 4) is 22.6 Å². The average Bonchev–Trinajstić information content (AvgIpc) is 3.53. The first-order valence-corrected chi connectivity index (χ1v) is 12.7. The Balaban J connectivity index is 1.36. The summed E-state index contributed by atoms with van der Waals surface area (Å²) in [5.41, 5.74) is 5.29. The number of anilines is 3. The van der Waals surface area contributed by atoms with Crippen molar-refractivity contribution in [2.45, 2.75) is 0 Å². The van der Waals surface area contributed by atoms with Crippen LogP contribution >= 0.6 is 22.9 Å². The minimum absolute atomic E-state index is 0.169. The number of thiazole rings is 1. The summed E-state index contributed by atoms with van der Waals surface area (Å²) >= 11 is 7.55. The van der Waals surface area contributed by atoms with Crippen LogP contribution in [0.3, 0.4) is 0 Å². The molecular weight excluding hydrogens is 504 g/mol. The van der Waals surface area contributed by atoms with E-state index in [0.717, 1.165) is 27.6 Å². The molecular formula is C28H19ClN6OS. The molecule has 9 heteroatoms. The number of fused-ring (bicyclic) bond motifs is 1. The number of imidazole rings is 1. The van der Waals surface area contributed by atoms with E-state index in [1.807, 2.05) is 76.6 Å². The van der Waals surface area contributed by atoms with Gasteiger partial charge in [0.1, 0.15) is 5.69 Å². The van der Waals surface area contributed by atoms with Crippen LogP contribution in [-0.2, 0) is 0 Å². The Labute approximate surface area is 221 Å². The molecule has 180 valence electrons. The van der Waals surface area contributed by atoms with Crippen LogP contribution in [0.1, 0.15) is 10.4 Å². The Morgan fingerprint density at radius 3 is 2.57 bits per heavy atom. The first-order valence-electron chi connectivity index (χ1n) is 11.4. The van der Waals surface area contributed by atoms with Crippen molar-refractivity contribution in [1.82, 2.24) is 19.4 Å². The zero-order valence-electron chi connectivity index (χ0n) is 19.3. The second-order valence-electron chi connectivity index (χ2n) is 8.16. The number of aromatic nitrogens is 4. The first kappa shape index (κ1) is 22.9. The fraction of sp³-hybridized carbons (Fsp3) is 0. The molecule has 3 aromatic heterocycles. The van der Waals surface area contributed by atoms with Crippen molar-refractivity contribution in [1.29, 1.82) is 0 Å². The molecule has 2 N–H and O–H groups in total. The van der Waals surface area contributed by atoms with Crippen LogP contribution in [0.4, 0.5) is 17.3 Å². The zero-order chi connectivity index (χ0) is 25.2. The number of hydrogen-bond acceptors (Lipinski definition) is 6. The third-order valence-electron chi connectivity index (χ3n) is 5.69. The van der Waals surface area contributed by atoms with Crippen LogP contribution in [-0.4, -0.2) is 25.3 Å². The van der Waals surface area contributed by atoms with E-state index in [1.165, 1.54) is 0 Å². The summed E-state index contributed by atoms with van der Waals surface area (Å²) in [6, 6.07) is 26.0. The average molecular weight is 523 g/mol. The largest absolute Gasteiger partial charge is 0.324 e. The lowest BCUT2D eigenvalue weighted by atomic mass is 10.1. The Kier molecular flexibility index (Phi) is 6.10. The van der Waals surface area contributed by atoms with Crippen molar-refractivity contribution >= 4 is 51.1 Å². The van der Waals surface area contributed by atoms with Crippen molar-refractivity contribution < 1.29 is 4.79 Å². The molecule has 0 atom stereocenters. The summed E-state index contributed by atoms with van der Waals surface area (Å²) in [7, 11) is 0. The number of halogens is 1. The summed E-state index contributed by atoms with van der Waals surface area (Å²) < 4.78 is 2.02. The number of hydrogen-bond donors (Lipinski definition) is 2. The van der Waals surface area contributed by atoms with Crippen LogP contribution in [0, 0.1) is 0 Å². The fourth-order valence-corrected chi connectivity index (χ4v) is 4.82. The Hall–Kier alpha value is -4.53. The molecule has 0 spiro atoms. The van der Waals surface area contributed by atoms with Crippen molar-refractivity contribution in [3.63, 3.8) is 0 Å². The Morgan fingerprint density at radius 1 is 0.892 bits per heavy atom. The number of benzene rings is 3. The predicted molar refractivity (Wildman–Crippen MR) is 149 cm³/mol. The summed E-state index contributed by atoms with van der Waals surface area (Å²) in [4.78, 5) is 27.6. The SMILES string of the molecule is O=C(Nc1cccc(-c2nc3sccn3c2-c2ccnc(Nc3ccc(Cl)cc3)n2)c1)c1ccccc1.